The van der Waals surface area contributed by atoms with E-state index in [1.807, 2.05) is 42.8 Å². The monoisotopic (exact) mass is 417 g/mol. The van der Waals surface area contributed by atoms with Crippen molar-refractivity contribution in [3.8, 4) is 5.75 Å². The number of carbonyl (C=O) groups is 1. The number of nitrogens with zero attached hydrogens (tertiary/aromatic N) is 4. The molecule has 0 aliphatic heterocycles. The first-order valence-corrected chi connectivity index (χ1v) is 8.92. The third kappa shape index (κ3) is 3.80. The first kappa shape index (κ1) is 18.2. The molecule has 1 N–H and O–H groups in total. The number of hydrogen-bond donors (Lipinski definition) is 1. The van der Waals surface area contributed by atoms with Gasteiger partial charge in [-0.3, -0.25) is 9.48 Å². The quantitative estimate of drug-likeness (QED) is 0.668. The molecule has 3 rings (SSSR count). The van der Waals surface area contributed by atoms with E-state index >= 15 is 0 Å². The molecule has 1 aromatic carbocycles. The highest BCUT2D eigenvalue weighted by Crippen LogP contribution is 2.20. The average molecular weight is 418 g/mol. The second kappa shape index (κ2) is 7.74. The standard InChI is InChI=1S/C18H20BrN5O2/c1-12-17(19)13(2)24(21-12)11-23-9-8-15(22-23)18(25)20-10-14-6-4-5-7-16(14)26-3/h4-9H,10-11H2,1-3H3,(H,20,25). The summed E-state index contributed by atoms with van der Waals surface area (Å²) in [4.78, 5) is 12.4. The molecule has 0 bridgehead atoms. The number of para-hydroxylation sites is 1. The predicted molar refractivity (Wildman–Crippen MR) is 101 cm³/mol. The summed E-state index contributed by atoms with van der Waals surface area (Å²) in [6.45, 7) is 4.74. The van der Waals surface area contributed by atoms with E-state index in [-0.39, 0.29) is 5.91 Å². The van der Waals surface area contributed by atoms with Gasteiger partial charge in [0.15, 0.2) is 0 Å². The van der Waals surface area contributed by atoms with Crippen molar-refractivity contribution in [2.45, 2.75) is 27.1 Å². The number of rotatable bonds is 6. The van der Waals surface area contributed by atoms with Crippen molar-refractivity contribution >= 4 is 21.8 Å². The highest BCUT2D eigenvalue weighted by Gasteiger charge is 2.13. The van der Waals surface area contributed by atoms with E-state index in [1.54, 1.807) is 24.1 Å². The van der Waals surface area contributed by atoms with Crippen LogP contribution in [0.2, 0.25) is 0 Å². The Hall–Kier alpha value is -2.61. The van der Waals surface area contributed by atoms with Gasteiger partial charge in [0.1, 0.15) is 18.1 Å². The van der Waals surface area contributed by atoms with Crippen molar-refractivity contribution in [1.29, 1.82) is 0 Å². The average Bonchev–Trinajstić information content (AvgIpc) is 3.21. The van der Waals surface area contributed by atoms with Gasteiger partial charge in [-0.2, -0.15) is 10.2 Å². The van der Waals surface area contributed by atoms with Gasteiger partial charge in [0, 0.05) is 18.3 Å². The van der Waals surface area contributed by atoms with Crippen molar-refractivity contribution in [2.24, 2.45) is 0 Å². The molecule has 0 aliphatic rings. The fourth-order valence-electron chi connectivity index (χ4n) is 2.63. The Balaban J connectivity index is 1.65. The Morgan fingerprint density at radius 3 is 2.69 bits per heavy atom. The zero-order valence-corrected chi connectivity index (χ0v) is 16.4. The highest BCUT2D eigenvalue weighted by atomic mass is 79.9. The number of halogens is 1. The lowest BCUT2D eigenvalue weighted by atomic mass is 10.2. The molecule has 0 saturated heterocycles. The van der Waals surface area contributed by atoms with Crippen molar-refractivity contribution in [3.05, 3.63) is 63.6 Å². The van der Waals surface area contributed by atoms with Gasteiger partial charge >= 0.3 is 0 Å². The van der Waals surface area contributed by atoms with Crippen molar-refractivity contribution in [1.82, 2.24) is 24.9 Å². The molecule has 8 heteroatoms. The highest BCUT2D eigenvalue weighted by molar-refractivity contribution is 9.10. The summed E-state index contributed by atoms with van der Waals surface area (Å²) >= 11 is 3.51. The van der Waals surface area contributed by atoms with E-state index in [2.05, 4.69) is 31.4 Å². The minimum Gasteiger partial charge on any atom is -0.496 e. The molecular formula is C18H20BrN5O2. The van der Waals surface area contributed by atoms with E-state index in [9.17, 15) is 4.79 Å². The van der Waals surface area contributed by atoms with Crippen LogP contribution in [0.25, 0.3) is 0 Å². The Morgan fingerprint density at radius 1 is 1.23 bits per heavy atom. The largest absolute Gasteiger partial charge is 0.496 e. The number of aromatic nitrogens is 4. The summed E-state index contributed by atoms with van der Waals surface area (Å²) in [5, 5.41) is 11.7. The molecule has 2 aromatic heterocycles. The van der Waals surface area contributed by atoms with Crippen molar-refractivity contribution in [2.75, 3.05) is 7.11 Å². The summed E-state index contributed by atoms with van der Waals surface area (Å²) in [5.41, 5.74) is 3.21. The van der Waals surface area contributed by atoms with Crippen LogP contribution in [-0.4, -0.2) is 32.6 Å². The molecule has 0 unspecified atom stereocenters. The van der Waals surface area contributed by atoms with E-state index in [4.69, 9.17) is 4.74 Å². The van der Waals surface area contributed by atoms with E-state index < -0.39 is 0 Å². The summed E-state index contributed by atoms with van der Waals surface area (Å²) in [7, 11) is 1.61. The molecule has 0 saturated carbocycles. The zero-order valence-electron chi connectivity index (χ0n) is 14.9. The summed E-state index contributed by atoms with van der Waals surface area (Å²) < 4.78 is 9.80. The maximum atomic E-state index is 12.4. The fourth-order valence-corrected chi connectivity index (χ4v) is 2.91. The van der Waals surface area contributed by atoms with Crippen LogP contribution in [-0.2, 0) is 13.2 Å². The van der Waals surface area contributed by atoms with Crippen molar-refractivity contribution in [3.63, 3.8) is 0 Å². The molecule has 0 atom stereocenters. The third-order valence-electron chi connectivity index (χ3n) is 4.08. The number of benzene rings is 1. The van der Waals surface area contributed by atoms with Gasteiger partial charge in [-0.15, -0.1) is 0 Å². The molecule has 1 amide bonds. The number of carbonyl (C=O) groups excluding carboxylic acids is 1. The normalized spacial score (nSPS) is 10.8. The molecule has 26 heavy (non-hydrogen) atoms. The number of amides is 1. The van der Waals surface area contributed by atoms with Gasteiger partial charge in [0.05, 0.1) is 23.0 Å². The van der Waals surface area contributed by atoms with Gasteiger partial charge in [0.2, 0.25) is 0 Å². The summed E-state index contributed by atoms with van der Waals surface area (Å²) in [5.74, 6) is 0.512. The van der Waals surface area contributed by atoms with Crippen LogP contribution in [0.5, 0.6) is 5.75 Å². The smallest absolute Gasteiger partial charge is 0.272 e. The molecule has 0 aliphatic carbocycles. The van der Waals surface area contributed by atoms with Crippen LogP contribution in [0.3, 0.4) is 0 Å². The molecule has 0 radical (unpaired) electrons. The van der Waals surface area contributed by atoms with Gasteiger partial charge < -0.3 is 10.1 Å². The van der Waals surface area contributed by atoms with Crippen LogP contribution in [0.1, 0.15) is 27.4 Å². The van der Waals surface area contributed by atoms with Crippen LogP contribution < -0.4 is 10.1 Å². The zero-order chi connectivity index (χ0) is 18.7. The second-order valence-electron chi connectivity index (χ2n) is 5.86. The molecule has 136 valence electrons. The first-order valence-electron chi connectivity index (χ1n) is 8.12. The van der Waals surface area contributed by atoms with Gasteiger partial charge in [-0.1, -0.05) is 18.2 Å². The first-order chi connectivity index (χ1) is 12.5. The number of ether oxygens (including phenoxy) is 1. The topological polar surface area (TPSA) is 74.0 Å². The Labute approximate surface area is 160 Å². The molecule has 0 fully saturated rings. The Bertz CT molecular complexity index is 932. The Morgan fingerprint density at radius 2 is 2.00 bits per heavy atom. The van der Waals surface area contributed by atoms with Crippen LogP contribution in [0, 0.1) is 13.8 Å². The molecular weight excluding hydrogens is 398 g/mol. The number of methoxy groups -OCH3 is 1. The summed E-state index contributed by atoms with van der Waals surface area (Å²) in [6, 6.07) is 9.27. The molecule has 3 aromatic rings. The van der Waals surface area contributed by atoms with E-state index in [0.717, 1.165) is 27.2 Å². The third-order valence-corrected chi connectivity index (χ3v) is 5.22. The lowest BCUT2D eigenvalue weighted by molar-refractivity contribution is 0.0944. The lowest BCUT2D eigenvalue weighted by Crippen LogP contribution is -2.24. The second-order valence-corrected chi connectivity index (χ2v) is 6.65. The Kier molecular flexibility index (Phi) is 5.41. The van der Waals surface area contributed by atoms with Crippen LogP contribution >= 0.6 is 15.9 Å². The van der Waals surface area contributed by atoms with Gasteiger partial charge in [-0.05, 0) is 41.9 Å². The lowest BCUT2D eigenvalue weighted by Gasteiger charge is -2.08. The van der Waals surface area contributed by atoms with Gasteiger partial charge in [-0.25, -0.2) is 4.68 Å². The van der Waals surface area contributed by atoms with Crippen molar-refractivity contribution < 1.29 is 9.53 Å². The minimum atomic E-state index is -0.232. The molecule has 0 spiro atoms. The predicted octanol–water partition coefficient (Wildman–Crippen LogP) is 2.90. The maximum Gasteiger partial charge on any atom is 0.272 e. The number of nitrogens with one attached hydrogen (secondary N) is 1. The van der Waals surface area contributed by atoms with E-state index in [0.29, 0.717) is 18.9 Å². The number of hydrogen-bond acceptors (Lipinski definition) is 4. The molecule has 7 nitrogen and oxygen atoms in total. The van der Waals surface area contributed by atoms with Gasteiger partial charge in [0.25, 0.3) is 5.91 Å². The van der Waals surface area contributed by atoms with Crippen LogP contribution in [0.15, 0.2) is 41.0 Å². The maximum absolute atomic E-state index is 12.4. The summed E-state index contributed by atoms with van der Waals surface area (Å²) in [6.07, 6.45) is 1.77. The SMILES string of the molecule is COc1ccccc1CNC(=O)c1ccn(Cn2nc(C)c(Br)c2C)n1. The van der Waals surface area contributed by atoms with Crippen LogP contribution in [0.4, 0.5) is 0 Å². The minimum absolute atomic E-state index is 0.232. The fraction of sp³-hybridized carbons (Fsp3) is 0.278. The van der Waals surface area contributed by atoms with E-state index in [1.165, 1.54) is 0 Å². The number of aryl methyl sites for hydroxylation is 1. The molecule has 2 heterocycles.